The van der Waals surface area contributed by atoms with Crippen molar-refractivity contribution in [1.29, 1.82) is 0 Å². The van der Waals surface area contributed by atoms with Crippen molar-refractivity contribution in [1.82, 2.24) is 9.97 Å². The van der Waals surface area contributed by atoms with Crippen LogP contribution in [-0.4, -0.2) is 16.3 Å². The molecule has 0 saturated heterocycles. The third-order valence-electron chi connectivity index (χ3n) is 1.81. The molecular formula is C11H8N2O. The number of allylic oxidation sites excluding steroid dienone is 1. The third kappa shape index (κ3) is 1.66. The van der Waals surface area contributed by atoms with Gasteiger partial charge in [-0.1, -0.05) is 12.1 Å². The number of aromatic nitrogens is 2. The van der Waals surface area contributed by atoms with Gasteiger partial charge in [-0.2, -0.15) is 0 Å². The largest absolute Gasteiger partial charge is 0.299 e. The molecule has 2 rings (SSSR count). The zero-order valence-electron chi connectivity index (χ0n) is 7.42. The maximum Gasteiger partial charge on any atom is 0.142 e. The summed E-state index contributed by atoms with van der Waals surface area (Å²) in [4.78, 5) is 18.6. The van der Waals surface area contributed by atoms with Crippen LogP contribution >= 0.6 is 0 Å². The Morgan fingerprint density at radius 1 is 1.14 bits per heavy atom. The molecule has 0 aliphatic carbocycles. The fraction of sp³-hybridized carbons (Fsp3) is 0. The van der Waals surface area contributed by atoms with E-state index in [-0.39, 0.29) is 0 Å². The normalized spacial score (nSPS) is 10.9. The van der Waals surface area contributed by atoms with E-state index in [0.29, 0.717) is 5.69 Å². The Morgan fingerprint density at radius 3 is 2.71 bits per heavy atom. The first-order chi connectivity index (χ1) is 6.90. The van der Waals surface area contributed by atoms with Crippen LogP contribution in [0, 0.1) is 0 Å². The zero-order chi connectivity index (χ0) is 9.80. The predicted octanol–water partition coefficient (Wildman–Crippen LogP) is 1.84. The molecule has 1 aromatic carbocycles. The third-order valence-corrected chi connectivity index (χ3v) is 1.81. The minimum atomic E-state index is 0.691. The lowest BCUT2D eigenvalue weighted by molar-refractivity contribution is -0.104. The molecule has 0 atom stereocenters. The number of nitrogens with zero attached hydrogens (tertiary/aromatic N) is 2. The molecule has 3 nitrogen and oxygen atoms in total. The lowest BCUT2D eigenvalue weighted by Gasteiger charge is -1.96. The van der Waals surface area contributed by atoms with Crippen LogP contribution in [0.5, 0.6) is 0 Å². The van der Waals surface area contributed by atoms with Crippen molar-refractivity contribution in [3.63, 3.8) is 0 Å². The number of carbonyl (C=O) groups is 1. The van der Waals surface area contributed by atoms with Gasteiger partial charge >= 0.3 is 0 Å². The van der Waals surface area contributed by atoms with Crippen LogP contribution < -0.4 is 0 Å². The minimum Gasteiger partial charge on any atom is -0.299 e. The Hall–Kier alpha value is -2.03. The fourth-order valence-corrected chi connectivity index (χ4v) is 1.19. The van der Waals surface area contributed by atoms with Crippen LogP contribution in [0.25, 0.3) is 17.1 Å². The number of hydrogen-bond acceptors (Lipinski definition) is 3. The summed E-state index contributed by atoms with van der Waals surface area (Å²) >= 11 is 0. The summed E-state index contributed by atoms with van der Waals surface area (Å²) in [6.45, 7) is 0. The Bertz CT molecular complexity index is 491. The highest BCUT2D eigenvalue weighted by Gasteiger charge is 1.94. The lowest BCUT2D eigenvalue weighted by atomic mass is 10.3. The van der Waals surface area contributed by atoms with E-state index in [1.807, 2.05) is 24.3 Å². The number of rotatable bonds is 2. The summed E-state index contributed by atoms with van der Waals surface area (Å²) in [7, 11) is 0. The molecule has 14 heavy (non-hydrogen) atoms. The van der Waals surface area contributed by atoms with E-state index in [4.69, 9.17) is 0 Å². The standard InChI is InChI=1S/C11H8N2O/c14-7-3-4-9-8-12-10-5-1-2-6-11(10)13-9/h1-8H/b4-3+. The van der Waals surface area contributed by atoms with Crippen molar-refractivity contribution in [2.24, 2.45) is 0 Å². The highest BCUT2D eigenvalue weighted by atomic mass is 16.1. The number of para-hydroxylation sites is 2. The van der Waals surface area contributed by atoms with E-state index in [1.54, 1.807) is 12.3 Å². The second-order valence-electron chi connectivity index (χ2n) is 2.78. The molecular weight excluding hydrogens is 176 g/mol. The second-order valence-corrected chi connectivity index (χ2v) is 2.78. The highest BCUT2D eigenvalue weighted by Crippen LogP contribution is 2.08. The van der Waals surface area contributed by atoms with Gasteiger partial charge in [0.2, 0.25) is 0 Å². The topological polar surface area (TPSA) is 42.9 Å². The van der Waals surface area contributed by atoms with Gasteiger partial charge in [0.1, 0.15) is 6.29 Å². The molecule has 0 spiro atoms. The molecule has 0 N–H and O–H groups in total. The highest BCUT2D eigenvalue weighted by molar-refractivity contribution is 5.77. The van der Waals surface area contributed by atoms with Crippen molar-refractivity contribution in [3.05, 3.63) is 42.2 Å². The van der Waals surface area contributed by atoms with Crippen molar-refractivity contribution in [3.8, 4) is 0 Å². The number of carbonyl (C=O) groups excluding carboxylic acids is 1. The first-order valence-electron chi connectivity index (χ1n) is 4.24. The van der Waals surface area contributed by atoms with Crippen molar-refractivity contribution in [2.45, 2.75) is 0 Å². The first kappa shape index (κ1) is 8.56. The molecule has 68 valence electrons. The summed E-state index contributed by atoms with van der Waals surface area (Å²) in [6, 6.07) is 7.61. The second kappa shape index (κ2) is 3.79. The Balaban J connectivity index is 2.51. The van der Waals surface area contributed by atoms with E-state index >= 15 is 0 Å². The summed E-state index contributed by atoms with van der Waals surface area (Å²) < 4.78 is 0. The summed E-state index contributed by atoms with van der Waals surface area (Å²) in [5, 5.41) is 0. The van der Waals surface area contributed by atoms with E-state index in [0.717, 1.165) is 17.3 Å². The van der Waals surface area contributed by atoms with Crippen LogP contribution in [0.4, 0.5) is 0 Å². The van der Waals surface area contributed by atoms with Crippen molar-refractivity contribution >= 4 is 23.4 Å². The predicted molar refractivity (Wildman–Crippen MR) is 54.6 cm³/mol. The minimum absolute atomic E-state index is 0.691. The van der Waals surface area contributed by atoms with Gasteiger partial charge in [0.15, 0.2) is 0 Å². The Labute approximate surface area is 81.1 Å². The quantitative estimate of drug-likeness (QED) is 0.528. The molecule has 0 radical (unpaired) electrons. The Morgan fingerprint density at radius 2 is 1.93 bits per heavy atom. The van der Waals surface area contributed by atoms with Gasteiger partial charge in [0, 0.05) is 0 Å². The zero-order valence-corrected chi connectivity index (χ0v) is 7.42. The maximum absolute atomic E-state index is 10.1. The SMILES string of the molecule is O=C/C=C/c1cnc2ccccc2n1. The number of fused-ring (bicyclic) bond motifs is 1. The first-order valence-corrected chi connectivity index (χ1v) is 4.24. The van der Waals surface area contributed by atoms with Crippen LogP contribution in [0.3, 0.4) is 0 Å². The van der Waals surface area contributed by atoms with E-state index in [1.165, 1.54) is 6.08 Å². The molecule has 0 aliphatic rings. The molecule has 0 amide bonds. The number of hydrogen-bond donors (Lipinski definition) is 0. The molecule has 0 unspecified atom stereocenters. The molecule has 2 aromatic rings. The van der Waals surface area contributed by atoms with Crippen LogP contribution in [-0.2, 0) is 4.79 Å². The summed E-state index contributed by atoms with van der Waals surface area (Å²) in [5.74, 6) is 0. The molecule has 1 aromatic heterocycles. The fourth-order valence-electron chi connectivity index (χ4n) is 1.19. The molecule has 0 aliphatic heterocycles. The summed E-state index contributed by atoms with van der Waals surface area (Å²) in [5.41, 5.74) is 2.38. The average Bonchev–Trinajstić information content (AvgIpc) is 2.26. The molecule has 1 heterocycles. The smallest absolute Gasteiger partial charge is 0.142 e. The van der Waals surface area contributed by atoms with Gasteiger partial charge in [0.25, 0.3) is 0 Å². The van der Waals surface area contributed by atoms with Crippen LogP contribution in [0.1, 0.15) is 5.69 Å². The lowest BCUT2D eigenvalue weighted by Crippen LogP contribution is -1.86. The van der Waals surface area contributed by atoms with E-state index in [2.05, 4.69) is 9.97 Å². The molecule has 0 saturated carbocycles. The van der Waals surface area contributed by atoms with Gasteiger partial charge < -0.3 is 0 Å². The van der Waals surface area contributed by atoms with Gasteiger partial charge in [-0.05, 0) is 24.3 Å². The van der Waals surface area contributed by atoms with Crippen LogP contribution in [0.2, 0.25) is 0 Å². The number of benzene rings is 1. The molecule has 0 bridgehead atoms. The van der Waals surface area contributed by atoms with E-state index in [9.17, 15) is 4.79 Å². The average molecular weight is 184 g/mol. The van der Waals surface area contributed by atoms with E-state index < -0.39 is 0 Å². The van der Waals surface area contributed by atoms with Gasteiger partial charge in [-0.3, -0.25) is 9.78 Å². The van der Waals surface area contributed by atoms with Gasteiger partial charge in [-0.25, -0.2) is 4.98 Å². The van der Waals surface area contributed by atoms with Gasteiger partial charge in [0.05, 0.1) is 22.9 Å². The Kier molecular flexibility index (Phi) is 2.32. The molecule has 3 heteroatoms. The monoisotopic (exact) mass is 184 g/mol. The van der Waals surface area contributed by atoms with Gasteiger partial charge in [-0.15, -0.1) is 0 Å². The van der Waals surface area contributed by atoms with Crippen molar-refractivity contribution < 1.29 is 4.79 Å². The number of aldehydes is 1. The van der Waals surface area contributed by atoms with Crippen LogP contribution in [0.15, 0.2) is 36.5 Å². The maximum atomic E-state index is 10.1. The van der Waals surface area contributed by atoms with Crippen molar-refractivity contribution in [2.75, 3.05) is 0 Å². The summed E-state index contributed by atoms with van der Waals surface area (Å²) in [6.07, 6.45) is 5.39. The molecule has 0 fully saturated rings.